The fourth-order valence-electron chi connectivity index (χ4n) is 1.32. The molecule has 0 N–H and O–H groups in total. The van der Waals surface area contributed by atoms with E-state index < -0.39 is 11.7 Å². The second-order valence-corrected chi connectivity index (χ2v) is 3.02. The predicted molar refractivity (Wildman–Crippen MR) is 52.4 cm³/mol. The summed E-state index contributed by atoms with van der Waals surface area (Å²) in [6, 6.07) is 3.02. The van der Waals surface area contributed by atoms with E-state index in [1.165, 1.54) is 6.07 Å². The molecule has 0 atom stereocenters. The molecule has 0 aliphatic rings. The maximum atomic E-state index is 12.3. The van der Waals surface area contributed by atoms with E-state index >= 15 is 0 Å². The quantitative estimate of drug-likeness (QED) is 0.520. The molecule has 0 unspecified atom stereocenters. The van der Waals surface area contributed by atoms with Crippen molar-refractivity contribution in [3.8, 4) is 0 Å². The Labute approximate surface area is 119 Å². The first-order valence-corrected chi connectivity index (χ1v) is 4.06. The topological polar surface area (TPSA) is 30.2 Å². The van der Waals surface area contributed by atoms with Gasteiger partial charge in [-0.3, -0.25) is 4.79 Å². The average molecular weight is 248 g/mol. The van der Waals surface area contributed by atoms with E-state index in [1.807, 2.05) is 0 Å². The number of fused-ring (bicyclic) bond motifs is 1. The standard InChI is InChI=1S/C10H5F3O2.B.Na/c11-10(12,13)7-1-2-9-8(3-7)6(4-14)5-15-9;;/h1-5H;;/q;-1;+1. The van der Waals surface area contributed by atoms with Crippen LogP contribution in [0, 0.1) is 0 Å². The number of carbonyl (C=O) groups is 1. The normalized spacial score (nSPS) is 10.5. The van der Waals surface area contributed by atoms with Crippen LogP contribution < -0.4 is 29.6 Å². The number of rotatable bonds is 1. The van der Waals surface area contributed by atoms with Crippen LogP contribution in [0.4, 0.5) is 13.2 Å². The van der Waals surface area contributed by atoms with Gasteiger partial charge < -0.3 is 12.8 Å². The van der Waals surface area contributed by atoms with Crippen LogP contribution in [0.1, 0.15) is 15.9 Å². The molecule has 0 aliphatic heterocycles. The summed E-state index contributed by atoms with van der Waals surface area (Å²) in [7, 11) is 0. The Morgan fingerprint density at radius 3 is 2.41 bits per heavy atom. The van der Waals surface area contributed by atoms with Crippen LogP contribution in [0.15, 0.2) is 28.9 Å². The molecule has 7 heteroatoms. The van der Waals surface area contributed by atoms with Crippen LogP contribution in [-0.4, -0.2) is 14.7 Å². The molecular weight excluding hydrogens is 243 g/mol. The van der Waals surface area contributed by atoms with E-state index in [2.05, 4.69) is 0 Å². The van der Waals surface area contributed by atoms with Gasteiger partial charge in [0.2, 0.25) is 0 Å². The Balaban J connectivity index is 0.00000128. The molecule has 4 radical (unpaired) electrons. The summed E-state index contributed by atoms with van der Waals surface area (Å²) in [5, 5.41) is 0.180. The van der Waals surface area contributed by atoms with Crippen molar-refractivity contribution < 1.29 is 51.9 Å². The van der Waals surface area contributed by atoms with Gasteiger partial charge >= 0.3 is 35.7 Å². The van der Waals surface area contributed by atoms with Crippen molar-refractivity contribution in [1.29, 1.82) is 0 Å². The Hall–Kier alpha value is -0.715. The van der Waals surface area contributed by atoms with Gasteiger partial charge in [-0.2, -0.15) is 13.2 Å². The van der Waals surface area contributed by atoms with Crippen molar-refractivity contribution in [3.63, 3.8) is 0 Å². The fraction of sp³-hybridized carbons (Fsp3) is 0.100. The van der Waals surface area contributed by atoms with Crippen molar-refractivity contribution in [2.45, 2.75) is 6.18 Å². The summed E-state index contributed by atoms with van der Waals surface area (Å²) in [4.78, 5) is 10.5. The smallest absolute Gasteiger partial charge is 1.00 e. The van der Waals surface area contributed by atoms with E-state index in [-0.39, 0.29) is 54.5 Å². The molecular formula is C10H5BF3NaO2. The molecule has 0 bridgehead atoms. The second-order valence-electron chi connectivity index (χ2n) is 3.02. The van der Waals surface area contributed by atoms with Crippen LogP contribution in [-0.2, 0) is 6.18 Å². The molecule has 0 amide bonds. The van der Waals surface area contributed by atoms with Gasteiger partial charge in [0.05, 0.1) is 11.1 Å². The Morgan fingerprint density at radius 2 is 1.88 bits per heavy atom. The number of halogens is 3. The van der Waals surface area contributed by atoms with Gasteiger partial charge in [0.1, 0.15) is 11.8 Å². The predicted octanol–water partition coefficient (Wildman–Crippen LogP) is -0.113. The van der Waals surface area contributed by atoms with E-state index in [1.54, 1.807) is 0 Å². The number of benzene rings is 1. The number of hydrogen-bond acceptors (Lipinski definition) is 2. The molecule has 2 nitrogen and oxygen atoms in total. The molecule has 0 saturated carbocycles. The van der Waals surface area contributed by atoms with Crippen molar-refractivity contribution >= 4 is 25.7 Å². The van der Waals surface area contributed by atoms with E-state index in [0.29, 0.717) is 6.29 Å². The first-order valence-electron chi connectivity index (χ1n) is 4.06. The zero-order chi connectivity index (χ0) is 11.1. The monoisotopic (exact) mass is 248 g/mol. The largest absolute Gasteiger partial charge is 1.00 e. The minimum absolute atomic E-state index is 0. The third kappa shape index (κ3) is 3.15. The summed E-state index contributed by atoms with van der Waals surface area (Å²) in [5.74, 6) is 0. The minimum Gasteiger partial charge on any atom is -1.00 e. The van der Waals surface area contributed by atoms with Crippen LogP contribution in [0.2, 0.25) is 0 Å². The molecule has 1 aromatic carbocycles. The fourth-order valence-corrected chi connectivity index (χ4v) is 1.32. The van der Waals surface area contributed by atoms with Crippen molar-refractivity contribution in [3.05, 3.63) is 35.6 Å². The molecule has 2 aromatic rings. The summed E-state index contributed by atoms with van der Waals surface area (Å²) >= 11 is 0. The molecule has 82 valence electrons. The van der Waals surface area contributed by atoms with Crippen molar-refractivity contribution in [2.24, 2.45) is 0 Å². The summed E-state index contributed by atoms with van der Waals surface area (Å²) in [5.41, 5.74) is -0.402. The van der Waals surface area contributed by atoms with E-state index in [0.717, 1.165) is 18.4 Å². The number of carbonyl (C=O) groups excluding carboxylic acids is 1. The molecule has 0 aliphatic carbocycles. The first-order chi connectivity index (χ1) is 7.02. The maximum absolute atomic E-state index is 12.3. The summed E-state index contributed by atoms with van der Waals surface area (Å²) in [6.07, 6.45) is -2.81. The number of furan rings is 1. The van der Waals surface area contributed by atoms with Crippen LogP contribution >= 0.6 is 0 Å². The van der Waals surface area contributed by atoms with E-state index in [9.17, 15) is 18.0 Å². The molecule has 2 rings (SSSR count). The van der Waals surface area contributed by atoms with Gasteiger partial charge in [-0.25, -0.2) is 0 Å². The third-order valence-corrected chi connectivity index (χ3v) is 2.06. The van der Waals surface area contributed by atoms with Gasteiger partial charge in [-0.05, 0) is 18.2 Å². The molecule has 0 spiro atoms. The number of alkyl halides is 3. The van der Waals surface area contributed by atoms with Crippen LogP contribution in [0.25, 0.3) is 11.0 Å². The maximum Gasteiger partial charge on any atom is 1.00 e. The Bertz CT molecular complexity index is 522. The van der Waals surface area contributed by atoms with Crippen LogP contribution in [0.5, 0.6) is 0 Å². The van der Waals surface area contributed by atoms with Gasteiger partial charge in [-0.1, -0.05) is 0 Å². The molecule has 0 saturated heterocycles. The third-order valence-electron chi connectivity index (χ3n) is 2.06. The van der Waals surface area contributed by atoms with Crippen molar-refractivity contribution in [2.75, 3.05) is 0 Å². The van der Waals surface area contributed by atoms with Gasteiger partial charge in [-0.15, -0.1) is 0 Å². The SMILES string of the molecule is O=Cc1coc2ccc(C(F)(F)F)cc12.[B-].[Na+]. The molecule has 17 heavy (non-hydrogen) atoms. The zero-order valence-electron chi connectivity index (χ0n) is 8.91. The van der Waals surface area contributed by atoms with Crippen molar-refractivity contribution in [1.82, 2.24) is 0 Å². The number of aldehydes is 1. The number of hydrogen-bond donors (Lipinski definition) is 0. The van der Waals surface area contributed by atoms with Gasteiger partial charge in [0.15, 0.2) is 6.29 Å². The second kappa shape index (κ2) is 5.75. The zero-order valence-corrected chi connectivity index (χ0v) is 10.9. The molecule has 1 aromatic heterocycles. The first kappa shape index (κ1) is 16.3. The summed E-state index contributed by atoms with van der Waals surface area (Å²) < 4.78 is 41.9. The van der Waals surface area contributed by atoms with Gasteiger partial charge in [0, 0.05) is 5.39 Å². The summed E-state index contributed by atoms with van der Waals surface area (Å²) in [6.45, 7) is 0. The Morgan fingerprint density at radius 1 is 1.24 bits per heavy atom. The van der Waals surface area contributed by atoms with Gasteiger partial charge in [0.25, 0.3) is 0 Å². The average Bonchev–Trinajstić information content (AvgIpc) is 2.57. The Kier molecular flexibility index (Phi) is 5.51. The molecule has 1 heterocycles. The van der Waals surface area contributed by atoms with E-state index in [4.69, 9.17) is 4.42 Å². The minimum atomic E-state index is -4.41. The molecule has 0 fully saturated rings. The van der Waals surface area contributed by atoms with Crippen LogP contribution in [0.3, 0.4) is 0 Å².